The van der Waals surface area contributed by atoms with Gasteiger partial charge in [-0.25, -0.2) is 0 Å². The van der Waals surface area contributed by atoms with E-state index in [1.54, 1.807) is 0 Å². The second-order valence-corrected chi connectivity index (χ2v) is 2.82. The van der Waals surface area contributed by atoms with Gasteiger partial charge in [-0.1, -0.05) is 0 Å². The summed E-state index contributed by atoms with van der Waals surface area (Å²) in [6, 6.07) is 0. The maximum atomic E-state index is 3.97. The van der Waals surface area contributed by atoms with Crippen LogP contribution in [0, 0.1) is 6.92 Å². The highest BCUT2D eigenvalue weighted by Gasteiger charge is 2.21. The lowest BCUT2D eigenvalue weighted by Gasteiger charge is -2.26. The summed E-state index contributed by atoms with van der Waals surface area (Å²) >= 11 is 0. The molecule has 0 aromatic carbocycles. The van der Waals surface area contributed by atoms with Gasteiger partial charge in [-0.05, 0) is 12.5 Å². The molecule has 1 aliphatic heterocycles. The zero-order valence-corrected chi connectivity index (χ0v) is 6.02. The number of nitrogens with one attached hydrogen (secondary N) is 2. The summed E-state index contributed by atoms with van der Waals surface area (Å²) in [6.07, 6.45) is 1.88. The van der Waals surface area contributed by atoms with Gasteiger partial charge in [0, 0.05) is 24.7 Å². The smallest absolute Gasteiger partial charge is 0.0519 e. The van der Waals surface area contributed by atoms with E-state index >= 15 is 0 Å². The predicted molar refractivity (Wildman–Crippen MR) is 38.9 cm³/mol. The second-order valence-electron chi connectivity index (χ2n) is 2.82. The topological polar surface area (TPSA) is 40.7 Å². The van der Waals surface area contributed by atoms with E-state index in [0.29, 0.717) is 5.92 Å². The molecule has 0 atom stereocenters. The molecule has 0 amide bonds. The molecule has 1 fully saturated rings. The van der Waals surface area contributed by atoms with Gasteiger partial charge in [0.05, 0.1) is 6.20 Å². The van der Waals surface area contributed by atoms with E-state index in [0.717, 1.165) is 13.1 Å². The molecule has 10 heavy (non-hydrogen) atoms. The van der Waals surface area contributed by atoms with Gasteiger partial charge < -0.3 is 5.32 Å². The maximum Gasteiger partial charge on any atom is 0.0519 e. The largest absolute Gasteiger partial charge is 0.315 e. The number of rotatable bonds is 1. The third-order valence-electron chi connectivity index (χ3n) is 2.06. The molecule has 0 radical (unpaired) electrons. The van der Waals surface area contributed by atoms with Gasteiger partial charge in [-0.3, -0.25) is 5.10 Å². The first-order chi connectivity index (χ1) is 4.88. The van der Waals surface area contributed by atoms with E-state index in [-0.39, 0.29) is 0 Å². The van der Waals surface area contributed by atoms with Crippen molar-refractivity contribution < 1.29 is 0 Å². The minimum atomic E-state index is 0.683. The van der Waals surface area contributed by atoms with Gasteiger partial charge in [0.1, 0.15) is 0 Å². The third-order valence-corrected chi connectivity index (χ3v) is 2.06. The molecule has 0 saturated carbocycles. The molecule has 0 aliphatic carbocycles. The summed E-state index contributed by atoms with van der Waals surface area (Å²) in [7, 11) is 0. The molecule has 54 valence electrons. The van der Waals surface area contributed by atoms with E-state index in [9.17, 15) is 0 Å². The summed E-state index contributed by atoms with van der Waals surface area (Å²) in [5.41, 5.74) is 2.59. The third kappa shape index (κ3) is 0.743. The fourth-order valence-electron chi connectivity index (χ4n) is 1.26. The monoisotopic (exact) mass is 137 g/mol. The fourth-order valence-corrected chi connectivity index (χ4v) is 1.26. The number of aryl methyl sites for hydroxylation is 1. The van der Waals surface area contributed by atoms with Crippen molar-refractivity contribution in [2.75, 3.05) is 13.1 Å². The Bertz CT molecular complexity index is 225. The zero-order chi connectivity index (χ0) is 6.97. The standard InChI is InChI=1S/C7H11N3/c1-5-2-9-10-7(5)6-3-8-4-6/h2,6,8H,3-4H2,1H3,(H,9,10). The Morgan fingerprint density at radius 2 is 2.40 bits per heavy atom. The number of H-pyrrole nitrogens is 1. The highest BCUT2D eigenvalue weighted by Crippen LogP contribution is 2.19. The SMILES string of the molecule is Cc1cn[nH]c1C1CNC1. The van der Waals surface area contributed by atoms with Crippen molar-refractivity contribution >= 4 is 0 Å². The Kier molecular flexibility index (Phi) is 1.24. The number of hydrogen-bond donors (Lipinski definition) is 2. The summed E-state index contributed by atoms with van der Waals surface area (Å²) in [5.74, 6) is 0.683. The lowest BCUT2D eigenvalue weighted by Crippen LogP contribution is -2.40. The van der Waals surface area contributed by atoms with Gasteiger partial charge >= 0.3 is 0 Å². The number of aromatic nitrogens is 2. The van der Waals surface area contributed by atoms with Gasteiger partial charge in [0.15, 0.2) is 0 Å². The Morgan fingerprint density at radius 3 is 2.80 bits per heavy atom. The van der Waals surface area contributed by atoms with Crippen molar-refractivity contribution in [3.63, 3.8) is 0 Å². The van der Waals surface area contributed by atoms with Crippen molar-refractivity contribution in [3.8, 4) is 0 Å². The molecule has 1 aromatic rings. The van der Waals surface area contributed by atoms with Crippen LogP contribution in [0.2, 0.25) is 0 Å². The molecule has 2 rings (SSSR count). The first-order valence-electron chi connectivity index (χ1n) is 3.58. The van der Waals surface area contributed by atoms with Crippen molar-refractivity contribution in [1.29, 1.82) is 0 Å². The lowest BCUT2D eigenvalue weighted by molar-refractivity contribution is 0.438. The molecule has 3 heteroatoms. The average Bonchev–Trinajstić information content (AvgIpc) is 2.12. The molecular weight excluding hydrogens is 126 g/mol. The van der Waals surface area contributed by atoms with Crippen LogP contribution in [-0.2, 0) is 0 Å². The fraction of sp³-hybridized carbons (Fsp3) is 0.571. The van der Waals surface area contributed by atoms with Crippen LogP contribution in [0.5, 0.6) is 0 Å². The second kappa shape index (κ2) is 2.09. The molecular formula is C7H11N3. The summed E-state index contributed by atoms with van der Waals surface area (Å²) in [5, 5.41) is 10.2. The van der Waals surface area contributed by atoms with Gasteiger partial charge in [-0.15, -0.1) is 0 Å². The first-order valence-corrected chi connectivity index (χ1v) is 3.58. The Balaban J connectivity index is 2.23. The Morgan fingerprint density at radius 1 is 1.60 bits per heavy atom. The highest BCUT2D eigenvalue weighted by molar-refractivity contribution is 5.21. The van der Waals surface area contributed by atoms with Crippen LogP contribution in [-0.4, -0.2) is 23.3 Å². The molecule has 2 N–H and O–H groups in total. The molecule has 1 aromatic heterocycles. The number of nitrogens with zero attached hydrogens (tertiary/aromatic N) is 1. The van der Waals surface area contributed by atoms with Crippen LogP contribution < -0.4 is 5.32 Å². The molecule has 2 heterocycles. The van der Waals surface area contributed by atoms with Crippen molar-refractivity contribution in [3.05, 3.63) is 17.5 Å². The van der Waals surface area contributed by atoms with Gasteiger partial charge in [0.2, 0.25) is 0 Å². The van der Waals surface area contributed by atoms with E-state index in [1.165, 1.54) is 11.3 Å². The Labute approximate surface area is 59.8 Å². The van der Waals surface area contributed by atoms with Crippen molar-refractivity contribution in [1.82, 2.24) is 15.5 Å². The molecule has 0 spiro atoms. The minimum absolute atomic E-state index is 0.683. The van der Waals surface area contributed by atoms with Crippen LogP contribution in [0.4, 0.5) is 0 Å². The molecule has 0 bridgehead atoms. The van der Waals surface area contributed by atoms with Gasteiger partial charge in [0.25, 0.3) is 0 Å². The molecule has 1 saturated heterocycles. The summed E-state index contributed by atoms with van der Waals surface area (Å²) < 4.78 is 0. The maximum absolute atomic E-state index is 3.97. The molecule has 3 nitrogen and oxygen atoms in total. The number of aromatic amines is 1. The molecule has 0 unspecified atom stereocenters. The van der Waals surface area contributed by atoms with E-state index in [2.05, 4.69) is 22.4 Å². The van der Waals surface area contributed by atoms with Crippen molar-refractivity contribution in [2.24, 2.45) is 0 Å². The number of hydrogen-bond acceptors (Lipinski definition) is 2. The average molecular weight is 137 g/mol. The highest BCUT2D eigenvalue weighted by atomic mass is 15.1. The normalized spacial score (nSPS) is 18.9. The summed E-state index contributed by atoms with van der Waals surface area (Å²) in [6.45, 7) is 4.29. The Hall–Kier alpha value is -0.830. The minimum Gasteiger partial charge on any atom is -0.315 e. The van der Waals surface area contributed by atoms with E-state index in [1.807, 2.05) is 6.20 Å². The van der Waals surface area contributed by atoms with Crippen LogP contribution in [0.3, 0.4) is 0 Å². The van der Waals surface area contributed by atoms with Gasteiger partial charge in [-0.2, -0.15) is 5.10 Å². The van der Waals surface area contributed by atoms with E-state index in [4.69, 9.17) is 0 Å². The van der Waals surface area contributed by atoms with Crippen LogP contribution in [0.15, 0.2) is 6.20 Å². The first kappa shape index (κ1) is 5.92. The molecule has 1 aliphatic rings. The van der Waals surface area contributed by atoms with Crippen LogP contribution >= 0.6 is 0 Å². The zero-order valence-electron chi connectivity index (χ0n) is 6.02. The van der Waals surface area contributed by atoms with E-state index < -0.39 is 0 Å². The van der Waals surface area contributed by atoms with Crippen LogP contribution in [0.25, 0.3) is 0 Å². The predicted octanol–water partition coefficient (Wildman–Crippen LogP) is 0.405. The summed E-state index contributed by atoms with van der Waals surface area (Å²) in [4.78, 5) is 0. The van der Waals surface area contributed by atoms with Crippen LogP contribution in [0.1, 0.15) is 17.2 Å². The van der Waals surface area contributed by atoms with Crippen molar-refractivity contribution in [2.45, 2.75) is 12.8 Å². The lowest BCUT2D eigenvalue weighted by atomic mass is 9.97. The quantitative estimate of drug-likeness (QED) is 0.588.